The fourth-order valence-corrected chi connectivity index (χ4v) is 1.87. The molecule has 0 saturated carbocycles. The largest absolute Gasteiger partial charge is 0.398 e. The summed E-state index contributed by atoms with van der Waals surface area (Å²) in [5, 5.41) is 0. The average molecular weight is 226 g/mol. The fourth-order valence-electron chi connectivity index (χ4n) is 1.87. The van der Waals surface area contributed by atoms with E-state index in [1.54, 1.807) is 6.07 Å². The SMILES string of the molecule is Cc1c(-c2ccccc2)ccc(C(N)=O)c1N. The molecule has 0 atom stereocenters. The van der Waals surface area contributed by atoms with E-state index in [-0.39, 0.29) is 0 Å². The second-order valence-electron chi connectivity index (χ2n) is 3.93. The van der Waals surface area contributed by atoms with Gasteiger partial charge in [0.1, 0.15) is 0 Å². The fraction of sp³-hybridized carbons (Fsp3) is 0.0714. The lowest BCUT2D eigenvalue weighted by atomic mass is 9.96. The summed E-state index contributed by atoms with van der Waals surface area (Å²) in [5.41, 5.74) is 15.0. The molecule has 4 N–H and O–H groups in total. The Kier molecular flexibility index (Phi) is 2.83. The Balaban J connectivity index is 2.60. The van der Waals surface area contributed by atoms with Gasteiger partial charge in [0, 0.05) is 5.69 Å². The van der Waals surface area contributed by atoms with E-state index >= 15 is 0 Å². The highest BCUT2D eigenvalue weighted by Crippen LogP contribution is 2.29. The molecule has 0 spiro atoms. The van der Waals surface area contributed by atoms with Gasteiger partial charge in [0.2, 0.25) is 0 Å². The lowest BCUT2D eigenvalue weighted by Crippen LogP contribution is -2.14. The van der Waals surface area contributed by atoms with Crippen molar-refractivity contribution < 1.29 is 4.79 Å². The summed E-state index contributed by atoms with van der Waals surface area (Å²) in [7, 11) is 0. The average Bonchev–Trinajstić information content (AvgIpc) is 2.33. The van der Waals surface area contributed by atoms with Gasteiger partial charge in [0.15, 0.2) is 0 Å². The third-order valence-electron chi connectivity index (χ3n) is 2.87. The van der Waals surface area contributed by atoms with E-state index in [0.717, 1.165) is 16.7 Å². The molecule has 0 fully saturated rings. The van der Waals surface area contributed by atoms with Crippen LogP contribution in [0.3, 0.4) is 0 Å². The van der Waals surface area contributed by atoms with Crippen LogP contribution in [0, 0.1) is 6.92 Å². The van der Waals surface area contributed by atoms with Crippen molar-refractivity contribution in [3.05, 3.63) is 53.6 Å². The monoisotopic (exact) mass is 226 g/mol. The summed E-state index contributed by atoms with van der Waals surface area (Å²) in [5.74, 6) is -0.495. The van der Waals surface area contributed by atoms with Crippen LogP contribution < -0.4 is 11.5 Å². The van der Waals surface area contributed by atoms with E-state index < -0.39 is 5.91 Å². The highest BCUT2D eigenvalue weighted by atomic mass is 16.1. The molecule has 0 saturated heterocycles. The second kappa shape index (κ2) is 4.29. The number of hydrogen-bond donors (Lipinski definition) is 2. The molecule has 2 aromatic rings. The smallest absolute Gasteiger partial charge is 0.250 e. The van der Waals surface area contributed by atoms with E-state index in [1.165, 1.54) is 0 Å². The van der Waals surface area contributed by atoms with Crippen molar-refractivity contribution in [1.29, 1.82) is 0 Å². The first-order valence-electron chi connectivity index (χ1n) is 5.35. The van der Waals surface area contributed by atoms with E-state index in [2.05, 4.69) is 0 Å². The molecule has 0 aliphatic heterocycles. The molecule has 0 radical (unpaired) electrons. The van der Waals surface area contributed by atoms with Crippen molar-refractivity contribution in [2.45, 2.75) is 6.92 Å². The Labute approximate surface area is 100 Å². The van der Waals surface area contributed by atoms with Crippen LogP contribution in [0.1, 0.15) is 15.9 Å². The highest BCUT2D eigenvalue weighted by molar-refractivity contribution is 6.00. The Morgan fingerprint density at radius 1 is 1.06 bits per heavy atom. The zero-order chi connectivity index (χ0) is 12.4. The molecule has 0 aliphatic carbocycles. The molecule has 0 aliphatic rings. The zero-order valence-corrected chi connectivity index (χ0v) is 9.60. The van der Waals surface area contributed by atoms with Gasteiger partial charge in [-0.15, -0.1) is 0 Å². The number of anilines is 1. The number of amides is 1. The van der Waals surface area contributed by atoms with Gasteiger partial charge >= 0.3 is 0 Å². The molecule has 2 aromatic carbocycles. The van der Waals surface area contributed by atoms with Crippen LogP contribution >= 0.6 is 0 Å². The molecule has 0 unspecified atom stereocenters. The van der Waals surface area contributed by atoms with Gasteiger partial charge in [-0.2, -0.15) is 0 Å². The van der Waals surface area contributed by atoms with Gasteiger partial charge in [-0.3, -0.25) is 4.79 Å². The number of carbonyl (C=O) groups is 1. The van der Waals surface area contributed by atoms with Crippen LogP contribution in [-0.4, -0.2) is 5.91 Å². The van der Waals surface area contributed by atoms with Crippen LogP contribution in [0.25, 0.3) is 11.1 Å². The third-order valence-corrected chi connectivity index (χ3v) is 2.87. The first kappa shape index (κ1) is 11.2. The quantitative estimate of drug-likeness (QED) is 0.772. The van der Waals surface area contributed by atoms with Crippen LogP contribution in [0.2, 0.25) is 0 Å². The molecule has 86 valence electrons. The van der Waals surface area contributed by atoms with Gasteiger partial charge in [0.05, 0.1) is 5.56 Å². The second-order valence-corrected chi connectivity index (χ2v) is 3.93. The predicted molar refractivity (Wildman–Crippen MR) is 69.5 cm³/mol. The topological polar surface area (TPSA) is 69.1 Å². The number of primary amides is 1. The minimum Gasteiger partial charge on any atom is -0.398 e. The summed E-state index contributed by atoms with van der Waals surface area (Å²) < 4.78 is 0. The number of carbonyl (C=O) groups excluding carboxylic acids is 1. The van der Waals surface area contributed by atoms with Gasteiger partial charge in [-0.05, 0) is 29.7 Å². The lowest BCUT2D eigenvalue weighted by Gasteiger charge is -2.11. The first-order chi connectivity index (χ1) is 8.11. The molecule has 0 aromatic heterocycles. The molecule has 3 heteroatoms. The Bertz CT molecular complexity index is 562. The lowest BCUT2D eigenvalue weighted by molar-refractivity contribution is 0.100. The molecule has 1 amide bonds. The van der Waals surface area contributed by atoms with Crippen LogP contribution in [0.5, 0.6) is 0 Å². The van der Waals surface area contributed by atoms with E-state index in [1.807, 2.05) is 43.3 Å². The van der Waals surface area contributed by atoms with Crippen molar-refractivity contribution in [1.82, 2.24) is 0 Å². The predicted octanol–water partition coefficient (Wildman–Crippen LogP) is 2.34. The van der Waals surface area contributed by atoms with Crippen molar-refractivity contribution in [2.24, 2.45) is 5.73 Å². The van der Waals surface area contributed by atoms with Gasteiger partial charge in [0.25, 0.3) is 5.91 Å². The van der Waals surface area contributed by atoms with E-state index in [4.69, 9.17) is 11.5 Å². The Hall–Kier alpha value is -2.29. The molecular formula is C14H14N2O. The summed E-state index contributed by atoms with van der Waals surface area (Å²) in [6.45, 7) is 1.89. The molecule has 17 heavy (non-hydrogen) atoms. The summed E-state index contributed by atoms with van der Waals surface area (Å²) >= 11 is 0. The summed E-state index contributed by atoms with van der Waals surface area (Å²) in [4.78, 5) is 11.2. The van der Waals surface area contributed by atoms with Crippen molar-refractivity contribution >= 4 is 11.6 Å². The van der Waals surface area contributed by atoms with Crippen LogP contribution in [0.15, 0.2) is 42.5 Å². The standard InChI is InChI=1S/C14H14N2O/c1-9-11(10-5-3-2-4-6-10)7-8-12(13(9)15)14(16)17/h2-8H,15H2,1H3,(H2,16,17). The van der Waals surface area contributed by atoms with Crippen molar-refractivity contribution in [2.75, 3.05) is 5.73 Å². The maximum atomic E-state index is 11.2. The molecular weight excluding hydrogens is 212 g/mol. The van der Waals surface area contributed by atoms with Crippen molar-refractivity contribution in [3.8, 4) is 11.1 Å². The van der Waals surface area contributed by atoms with Crippen LogP contribution in [-0.2, 0) is 0 Å². The van der Waals surface area contributed by atoms with Gasteiger partial charge < -0.3 is 11.5 Å². The minimum atomic E-state index is -0.495. The van der Waals surface area contributed by atoms with E-state index in [0.29, 0.717) is 11.3 Å². The molecule has 2 rings (SSSR count). The summed E-state index contributed by atoms with van der Waals surface area (Å²) in [6, 6.07) is 13.4. The highest BCUT2D eigenvalue weighted by Gasteiger charge is 2.11. The Morgan fingerprint density at radius 2 is 1.71 bits per heavy atom. The van der Waals surface area contributed by atoms with Gasteiger partial charge in [-0.1, -0.05) is 36.4 Å². The number of benzene rings is 2. The van der Waals surface area contributed by atoms with E-state index in [9.17, 15) is 4.79 Å². The number of nitrogen functional groups attached to an aromatic ring is 1. The normalized spacial score (nSPS) is 10.2. The molecule has 0 heterocycles. The minimum absolute atomic E-state index is 0.377. The molecule has 3 nitrogen and oxygen atoms in total. The zero-order valence-electron chi connectivity index (χ0n) is 9.60. The number of rotatable bonds is 2. The number of nitrogens with two attached hydrogens (primary N) is 2. The summed E-state index contributed by atoms with van der Waals surface area (Å²) in [6.07, 6.45) is 0. The van der Waals surface area contributed by atoms with Crippen molar-refractivity contribution in [3.63, 3.8) is 0 Å². The maximum absolute atomic E-state index is 11.2. The Morgan fingerprint density at radius 3 is 2.29 bits per heavy atom. The third kappa shape index (κ3) is 1.99. The van der Waals surface area contributed by atoms with Crippen LogP contribution in [0.4, 0.5) is 5.69 Å². The van der Waals surface area contributed by atoms with Gasteiger partial charge in [-0.25, -0.2) is 0 Å². The maximum Gasteiger partial charge on any atom is 0.250 e. The molecule has 0 bridgehead atoms. The number of hydrogen-bond acceptors (Lipinski definition) is 2. The first-order valence-corrected chi connectivity index (χ1v) is 5.35.